The smallest absolute Gasteiger partial charge is 0.211 e. The van der Waals surface area contributed by atoms with Crippen LogP contribution in [0.25, 0.3) is 11.3 Å². The van der Waals surface area contributed by atoms with E-state index in [9.17, 15) is 4.39 Å². The highest BCUT2D eigenvalue weighted by Gasteiger charge is 2.11. The maximum absolute atomic E-state index is 13.5. The van der Waals surface area contributed by atoms with E-state index in [2.05, 4.69) is 34.1 Å². The number of pyridine rings is 1. The van der Waals surface area contributed by atoms with Gasteiger partial charge in [0.1, 0.15) is 5.82 Å². The van der Waals surface area contributed by atoms with Crippen molar-refractivity contribution in [2.45, 2.75) is 0 Å². The number of hydrogen-bond donors (Lipinski definition) is 0. The second-order valence-corrected chi connectivity index (χ2v) is 8.32. The van der Waals surface area contributed by atoms with Crippen LogP contribution in [0.2, 0.25) is 0 Å². The third-order valence-corrected chi connectivity index (χ3v) is 6.10. The molecule has 0 saturated carbocycles. The molecule has 0 amide bonds. The van der Waals surface area contributed by atoms with Gasteiger partial charge in [-0.25, -0.2) is 14.1 Å². The number of morpholine rings is 1. The Morgan fingerprint density at radius 1 is 1.00 bits per heavy atom. The van der Waals surface area contributed by atoms with Crippen LogP contribution in [0.15, 0.2) is 88.5 Å². The zero-order valence-electron chi connectivity index (χ0n) is 17.8. The Morgan fingerprint density at radius 2 is 1.79 bits per heavy atom. The van der Waals surface area contributed by atoms with Gasteiger partial charge >= 0.3 is 0 Å². The summed E-state index contributed by atoms with van der Waals surface area (Å²) in [6.07, 6.45) is 5.23. The van der Waals surface area contributed by atoms with Crippen molar-refractivity contribution in [2.24, 2.45) is 10.1 Å². The van der Waals surface area contributed by atoms with Gasteiger partial charge in [-0.1, -0.05) is 12.1 Å². The minimum absolute atomic E-state index is 0.273. The van der Waals surface area contributed by atoms with Crippen LogP contribution in [-0.2, 0) is 4.74 Å². The Labute approximate surface area is 195 Å². The number of nitrogens with zero attached hydrogens (tertiary/aromatic N) is 5. The molecule has 0 atom stereocenters. The first-order valence-corrected chi connectivity index (χ1v) is 11.5. The molecule has 2 aromatic heterocycles. The first kappa shape index (κ1) is 21.2. The number of rotatable bonds is 5. The third-order valence-electron chi connectivity index (χ3n) is 5.29. The van der Waals surface area contributed by atoms with Gasteiger partial charge in [0.2, 0.25) is 4.80 Å². The summed E-state index contributed by atoms with van der Waals surface area (Å²) < 4.78 is 20.7. The molecular formula is C25H22FN5OS. The average Bonchev–Trinajstić information content (AvgIpc) is 3.27. The summed E-state index contributed by atoms with van der Waals surface area (Å²) in [6, 6.07) is 18.4. The lowest BCUT2D eigenvalue weighted by Crippen LogP contribution is -2.36. The number of halogens is 1. The number of hydrogen-bond acceptors (Lipinski definition) is 6. The zero-order valence-corrected chi connectivity index (χ0v) is 18.7. The molecule has 6 nitrogen and oxygen atoms in total. The summed E-state index contributed by atoms with van der Waals surface area (Å²) in [4.78, 5) is 11.9. The van der Waals surface area contributed by atoms with E-state index >= 15 is 0 Å². The molecule has 0 radical (unpaired) electrons. The van der Waals surface area contributed by atoms with Gasteiger partial charge in [-0.05, 0) is 54.1 Å². The van der Waals surface area contributed by atoms with Gasteiger partial charge in [-0.15, -0.1) is 11.3 Å². The van der Waals surface area contributed by atoms with E-state index in [1.165, 1.54) is 29.2 Å². The summed E-state index contributed by atoms with van der Waals surface area (Å²) >= 11 is 1.47. The molecular weight excluding hydrogens is 437 g/mol. The van der Waals surface area contributed by atoms with Crippen LogP contribution in [0.1, 0.15) is 5.56 Å². The van der Waals surface area contributed by atoms with Crippen LogP contribution in [-0.4, -0.2) is 42.2 Å². The maximum Gasteiger partial charge on any atom is 0.211 e. The Hall–Kier alpha value is -3.62. The summed E-state index contributed by atoms with van der Waals surface area (Å²) in [5, 5.41) is 6.71. The van der Waals surface area contributed by atoms with E-state index in [1.807, 2.05) is 23.7 Å². The van der Waals surface area contributed by atoms with Gasteiger partial charge in [0.15, 0.2) is 0 Å². The molecule has 1 aliphatic rings. The normalized spacial score (nSPS) is 14.8. The van der Waals surface area contributed by atoms with E-state index in [0.29, 0.717) is 4.80 Å². The van der Waals surface area contributed by atoms with Gasteiger partial charge in [0.25, 0.3) is 0 Å². The summed E-state index contributed by atoms with van der Waals surface area (Å²) in [6.45, 7) is 3.32. The van der Waals surface area contributed by atoms with E-state index in [0.717, 1.165) is 48.8 Å². The largest absolute Gasteiger partial charge is 0.378 e. The minimum atomic E-state index is -0.273. The topological polar surface area (TPSA) is 55.0 Å². The fourth-order valence-corrected chi connectivity index (χ4v) is 4.41. The van der Waals surface area contributed by atoms with Gasteiger partial charge in [0.05, 0.1) is 37.0 Å². The van der Waals surface area contributed by atoms with Crippen molar-refractivity contribution in [3.63, 3.8) is 0 Å². The second kappa shape index (κ2) is 9.89. The fraction of sp³-hybridized carbons (Fsp3) is 0.160. The molecule has 3 heterocycles. The molecule has 0 bridgehead atoms. The van der Waals surface area contributed by atoms with Crippen molar-refractivity contribution in [3.8, 4) is 11.3 Å². The van der Waals surface area contributed by atoms with Gasteiger partial charge in [-0.2, -0.15) is 5.10 Å². The van der Waals surface area contributed by atoms with E-state index in [4.69, 9.17) is 14.8 Å². The third kappa shape index (κ3) is 5.08. The lowest BCUT2D eigenvalue weighted by molar-refractivity contribution is 0.122. The monoisotopic (exact) mass is 459 g/mol. The molecule has 1 aliphatic heterocycles. The molecule has 166 valence electrons. The van der Waals surface area contributed by atoms with E-state index in [1.54, 1.807) is 29.2 Å². The first-order valence-electron chi connectivity index (χ1n) is 10.6. The molecule has 1 saturated heterocycles. The molecule has 2 aromatic carbocycles. The Morgan fingerprint density at radius 3 is 2.52 bits per heavy atom. The molecule has 4 aromatic rings. The van der Waals surface area contributed by atoms with Crippen molar-refractivity contribution in [1.29, 1.82) is 0 Å². The molecule has 5 rings (SSSR count). The van der Waals surface area contributed by atoms with Crippen molar-refractivity contribution in [3.05, 3.63) is 94.6 Å². The van der Waals surface area contributed by atoms with E-state index in [-0.39, 0.29) is 5.82 Å². The predicted molar refractivity (Wildman–Crippen MR) is 130 cm³/mol. The Bertz CT molecular complexity index is 1290. The van der Waals surface area contributed by atoms with Crippen molar-refractivity contribution in [1.82, 2.24) is 9.66 Å². The number of anilines is 1. The highest BCUT2D eigenvalue weighted by atomic mass is 32.1. The van der Waals surface area contributed by atoms with Gasteiger partial charge < -0.3 is 9.64 Å². The molecule has 0 aliphatic carbocycles. The molecule has 0 unspecified atom stereocenters. The zero-order chi connectivity index (χ0) is 22.5. The Kier molecular flexibility index (Phi) is 6.37. The van der Waals surface area contributed by atoms with Crippen molar-refractivity contribution in [2.75, 3.05) is 31.2 Å². The molecule has 0 spiro atoms. The summed E-state index contributed by atoms with van der Waals surface area (Å²) in [5.74, 6) is -0.273. The number of thiazole rings is 1. The molecule has 33 heavy (non-hydrogen) atoms. The van der Waals surface area contributed by atoms with Crippen LogP contribution in [0.3, 0.4) is 0 Å². The molecule has 0 N–H and O–H groups in total. The highest BCUT2D eigenvalue weighted by molar-refractivity contribution is 7.07. The van der Waals surface area contributed by atoms with Crippen LogP contribution in [0, 0.1) is 5.82 Å². The van der Waals surface area contributed by atoms with Crippen LogP contribution in [0.5, 0.6) is 0 Å². The predicted octanol–water partition coefficient (Wildman–Crippen LogP) is 4.70. The quantitative estimate of drug-likeness (QED) is 0.407. The average molecular weight is 460 g/mol. The highest BCUT2D eigenvalue weighted by Crippen LogP contribution is 2.21. The van der Waals surface area contributed by atoms with Crippen LogP contribution >= 0.6 is 11.3 Å². The lowest BCUT2D eigenvalue weighted by Gasteiger charge is -2.28. The second-order valence-electron chi connectivity index (χ2n) is 7.48. The number of ether oxygens (including phenoxy) is 1. The van der Waals surface area contributed by atoms with Crippen molar-refractivity contribution < 1.29 is 9.13 Å². The maximum atomic E-state index is 13.5. The van der Waals surface area contributed by atoms with Gasteiger partial charge in [0, 0.05) is 35.9 Å². The Balaban J connectivity index is 1.49. The fourth-order valence-electron chi connectivity index (χ4n) is 3.56. The number of aromatic nitrogens is 2. The van der Waals surface area contributed by atoms with Crippen LogP contribution in [0.4, 0.5) is 15.8 Å². The van der Waals surface area contributed by atoms with Crippen molar-refractivity contribution >= 4 is 28.9 Å². The summed E-state index contributed by atoms with van der Waals surface area (Å²) in [5.41, 5.74) is 4.59. The standard InChI is InChI=1S/C25H22FN5OS/c26-21-7-5-20(6-8-21)24-18-33-25(29-22-2-1-11-27-17-22)31(24)28-16-19-3-9-23(10-4-19)30-12-14-32-15-13-30/h1-11,16-18H,12-15H2. The molecule has 8 heteroatoms. The lowest BCUT2D eigenvalue weighted by atomic mass is 10.2. The summed E-state index contributed by atoms with van der Waals surface area (Å²) in [7, 11) is 0. The van der Waals surface area contributed by atoms with Gasteiger partial charge in [-0.3, -0.25) is 4.98 Å². The number of benzene rings is 2. The van der Waals surface area contributed by atoms with Crippen LogP contribution < -0.4 is 9.70 Å². The molecule has 1 fully saturated rings. The van der Waals surface area contributed by atoms with E-state index < -0.39 is 0 Å². The first-order chi connectivity index (χ1) is 16.3. The SMILES string of the molecule is Fc1ccc(-c2csc(=Nc3cccnc3)n2N=Cc2ccc(N3CCOCC3)cc2)cc1. The minimum Gasteiger partial charge on any atom is -0.378 e.